The lowest BCUT2D eigenvalue weighted by Gasteiger charge is -2.09. The van der Waals surface area contributed by atoms with Crippen LogP contribution in [-0.4, -0.2) is 18.2 Å². The maximum absolute atomic E-state index is 11.5. The lowest BCUT2D eigenvalue weighted by molar-refractivity contribution is 0.0597. The summed E-state index contributed by atoms with van der Waals surface area (Å²) in [4.78, 5) is 11.5. The number of nitrogens with two attached hydrogens (primary N) is 1. The number of anilines is 1. The van der Waals surface area contributed by atoms with E-state index in [0.29, 0.717) is 11.3 Å². The molecule has 0 aliphatic carbocycles. The molecule has 0 bridgehead atoms. The molecule has 18 heavy (non-hydrogen) atoms. The summed E-state index contributed by atoms with van der Waals surface area (Å²) in [6.45, 7) is 0. The Balaban J connectivity index is 2.56. The summed E-state index contributed by atoms with van der Waals surface area (Å²) in [5.74, 6) is -0.673. The fraction of sp³-hybridized carbons (Fsp3) is 0.0714. The normalized spacial score (nSPS) is 10.1. The third-order valence-electron chi connectivity index (χ3n) is 2.64. The molecule has 4 nitrogen and oxygen atoms in total. The molecular weight excluding hydrogens is 230 g/mol. The predicted molar refractivity (Wildman–Crippen MR) is 69.3 cm³/mol. The molecule has 2 aromatic carbocycles. The van der Waals surface area contributed by atoms with E-state index in [1.165, 1.54) is 13.2 Å². The van der Waals surface area contributed by atoms with Crippen LogP contribution < -0.4 is 5.73 Å². The van der Waals surface area contributed by atoms with Crippen LogP contribution in [0.15, 0.2) is 42.5 Å². The first kappa shape index (κ1) is 12.0. The van der Waals surface area contributed by atoms with Crippen LogP contribution in [0.1, 0.15) is 10.4 Å². The number of hydrogen-bond acceptors (Lipinski definition) is 4. The molecule has 0 heterocycles. The molecule has 4 heteroatoms. The largest absolute Gasteiger partial charge is 0.506 e. The number of carbonyl (C=O) groups is 1. The van der Waals surface area contributed by atoms with Crippen molar-refractivity contribution >= 4 is 11.7 Å². The van der Waals surface area contributed by atoms with Gasteiger partial charge in [-0.15, -0.1) is 0 Å². The highest BCUT2D eigenvalue weighted by molar-refractivity contribution is 5.95. The van der Waals surface area contributed by atoms with Crippen LogP contribution in [0, 0.1) is 0 Å². The zero-order valence-electron chi connectivity index (χ0n) is 9.88. The van der Waals surface area contributed by atoms with E-state index >= 15 is 0 Å². The molecule has 0 amide bonds. The molecule has 0 radical (unpaired) electrons. The van der Waals surface area contributed by atoms with Crippen molar-refractivity contribution in [1.82, 2.24) is 0 Å². The number of hydrogen-bond donors (Lipinski definition) is 2. The summed E-state index contributed by atoms with van der Waals surface area (Å²) >= 11 is 0. The van der Waals surface area contributed by atoms with Gasteiger partial charge in [0.1, 0.15) is 11.3 Å². The third-order valence-corrected chi connectivity index (χ3v) is 2.64. The molecule has 0 saturated carbocycles. The summed E-state index contributed by atoms with van der Waals surface area (Å²) in [6, 6.07) is 12.0. The molecule has 0 fully saturated rings. The first-order valence-electron chi connectivity index (χ1n) is 5.39. The van der Waals surface area contributed by atoms with Gasteiger partial charge in [-0.1, -0.05) is 24.3 Å². The minimum atomic E-state index is -0.571. The van der Waals surface area contributed by atoms with E-state index in [-0.39, 0.29) is 11.3 Å². The lowest BCUT2D eigenvalue weighted by atomic mass is 10.0. The van der Waals surface area contributed by atoms with Gasteiger partial charge < -0.3 is 15.6 Å². The fourth-order valence-corrected chi connectivity index (χ4v) is 1.76. The number of phenols is 1. The van der Waals surface area contributed by atoms with Gasteiger partial charge in [0.05, 0.1) is 7.11 Å². The zero-order valence-corrected chi connectivity index (χ0v) is 9.88. The molecule has 0 unspecified atom stereocenters. The van der Waals surface area contributed by atoms with Gasteiger partial charge in [0.15, 0.2) is 0 Å². The second-order valence-corrected chi connectivity index (χ2v) is 3.82. The number of ether oxygens (including phenoxy) is 1. The van der Waals surface area contributed by atoms with Gasteiger partial charge in [0.2, 0.25) is 0 Å². The SMILES string of the molecule is COC(=O)c1cccc(-c2cccc(N)c2)c1O. The van der Waals surface area contributed by atoms with E-state index in [1.807, 2.05) is 6.07 Å². The Hall–Kier alpha value is -2.49. The Kier molecular flexibility index (Phi) is 3.19. The van der Waals surface area contributed by atoms with Crippen LogP contribution in [-0.2, 0) is 4.74 Å². The van der Waals surface area contributed by atoms with E-state index in [0.717, 1.165) is 5.56 Å². The molecule has 92 valence electrons. The van der Waals surface area contributed by atoms with E-state index < -0.39 is 5.97 Å². The van der Waals surface area contributed by atoms with Crippen molar-refractivity contribution in [3.8, 4) is 16.9 Å². The molecule has 0 aliphatic heterocycles. The number of esters is 1. The van der Waals surface area contributed by atoms with Gasteiger partial charge in [-0.2, -0.15) is 0 Å². The second kappa shape index (κ2) is 4.79. The van der Waals surface area contributed by atoms with E-state index in [4.69, 9.17) is 5.73 Å². The molecule has 3 N–H and O–H groups in total. The zero-order chi connectivity index (χ0) is 13.1. The number of nitrogen functional groups attached to an aromatic ring is 1. The molecule has 0 aliphatic rings. The van der Waals surface area contributed by atoms with Crippen molar-refractivity contribution in [2.24, 2.45) is 0 Å². The van der Waals surface area contributed by atoms with Crippen LogP contribution in [0.25, 0.3) is 11.1 Å². The van der Waals surface area contributed by atoms with Crippen molar-refractivity contribution in [3.05, 3.63) is 48.0 Å². The first-order chi connectivity index (χ1) is 8.63. The van der Waals surface area contributed by atoms with Crippen molar-refractivity contribution in [2.75, 3.05) is 12.8 Å². The summed E-state index contributed by atoms with van der Waals surface area (Å²) < 4.78 is 4.61. The Bertz CT molecular complexity index is 593. The maximum Gasteiger partial charge on any atom is 0.341 e. The summed E-state index contributed by atoms with van der Waals surface area (Å²) in [5.41, 5.74) is 7.72. The molecule has 0 atom stereocenters. The number of carbonyl (C=O) groups excluding carboxylic acids is 1. The lowest BCUT2D eigenvalue weighted by Crippen LogP contribution is -2.01. The van der Waals surface area contributed by atoms with Crippen LogP contribution in [0.5, 0.6) is 5.75 Å². The summed E-state index contributed by atoms with van der Waals surface area (Å²) in [6.07, 6.45) is 0. The van der Waals surface area contributed by atoms with Crippen molar-refractivity contribution < 1.29 is 14.6 Å². The molecule has 0 spiro atoms. The van der Waals surface area contributed by atoms with Crippen LogP contribution in [0.2, 0.25) is 0 Å². The average molecular weight is 243 g/mol. The van der Waals surface area contributed by atoms with E-state index in [9.17, 15) is 9.90 Å². The van der Waals surface area contributed by atoms with Gasteiger partial charge in [0, 0.05) is 11.3 Å². The Labute approximate surface area is 105 Å². The first-order valence-corrected chi connectivity index (χ1v) is 5.39. The van der Waals surface area contributed by atoms with Crippen molar-refractivity contribution in [3.63, 3.8) is 0 Å². The fourth-order valence-electron chi connectivity index (χ4n) is 1.76. The minimum Gasteiger partial charge on any atom is -0.506 e. The topological polar surface area (TPSA) is 72.5 Å². The summed E-state index contributed by atoms with van der Waals surface area (Å²) in [5, 5.41) is 10.1. The quantitative estimate of drug-likeness (QED) is 0.627. The van der Waals surface area contributed by atoms with Gasteiger partial charge in [-0.25, -0.2) is 4.79 Å². The highest BCUT2D eigenvalue weighted by Gasteiger charge is 2.15. The maximum atomic E-state index is 11.5. The Morgan fingerprint density at radius 2 is 1.94 bits per heavy atom. The number of rotatable bonds is 2. The van der Waals surface area contributed by atoms with Crippen LogP contribution in [0.4, 0.5) is 5.69 Å². The number of methoxy groups -OCH3 is 1. The van der Waals surface area contributed by atoms with E-state index in [1.54, 1.807) is 30.3 Å². The molecule has 0 saturated heterocycles. The van der Waals surface area contributed by atoms with E-state index in [2.05, 4.69) is 4.74 Å². The molecule has 2 aromatic rings. The predicted octanol–water partition coefficient (Wildman–Crippen LogP) is 2.43. The highest BCUT2D eigenvalue weighted by atomic mass is 16.5. The van der Waals surface area contributed by atoms with Gasteiger partial charge >= 0.3 is 5.97 Å². The number of para-hydroxylation sites is 1. The monoisotopic (exact) mass is 243 g/mol. The minimum absolute atomic E-state index is 0.102. The van der Waals surface area contributed by atoms with Gasteiger partial charge in [-0.3, -0.25) is 0 Å². The smallest absolute Gasteiger partial charge is 0.341 e. The Morgan fingerprint density at radius 1 is 1.22 bits per heavy atom. The highest BCUT2D eigenvalue weighted by Crippen LogP contribution is 2.33. The number of phenolic OH excluding ortho intramolecular Hbond substituents is 1. The van der Waals surface area contributed by atoms with Gasteiger partial charge in [-0.05, 0) is 23.8 Å². The van der Waals surface area contributed by atoms with Crippen molar-refractivity contribution in [2.45, 2.75) is 0 Å². The second-order valence-electron chi connectivity index (χ2n) is 3.82. The molecular formula is C14H13NO3. The number of aromatic hydroxyl groups is 1. The molecule has 2 rings (SSSR count). The summed E-state index contributed by atoms with van der Waals surface area (Å²) in [7, 11) is 1.27. The Morgan fingerprint density at radius 3 is 2.61 bits per heavy atom. The van der Waals surface area contributed by atoms with Gasteiger partial charge in [0.25, 0.3) is 0 Å². The molecule has 0 aromatic heterocycles. The standard InChI is InChI=1S/C14H13NO3/c1-18-14(17)12-7-3-6-11(13(12)16)9-4-2-5-10(15)8-9/h2-8,16H,15H2,1H3. The third kappa shape index (κ3) is 2.13. The van der Waals surface area contributed by atoms with Crippen molar-refractivity contribution in [1.29, 1.82) is 0 Å². The van der Waals surface area contributed by atoms with Crippen LogP contribution in [0.3, 0.4) is 0 Å². The average Bonchev–Trinajstić information content (AvgIpc) is 2.38. The van der Waals surface area contributed by atoms with Crippen LogP contribution >= 0.6 is 0 Å². The number of benzene rings is 2.